The Hall–Kier alpha value is -2.37. The van der Waals surface area contributed by atoms with Crippen molar-refractivity contribution in [1.29, 1.82) is 0 Å². The Morgan fingerprint density at radius 2 is 2.12 bits per heavy atom. The maximum absolute atomic E-state index is 11.2. The van der Waals surface area contributed by atoms with Crippen molar-refractivity contribution < 1.29 is 14.4 Å². The predicted octanol–water partition coefficient (Wildman–Crippen LogP) is 1.72. The topological polar surface area (TPSA) is 93.6 Å². The fraction of sp³-hybridized carbons (Fsp3) is 0.100. The molecule has 6 heteroatoms. The Morgan fingerprint density at radius 3 is 2.75 bits per heavy atom. The van der Waals surface area contributed by atoms with Gasteiger partial charge in [0.25, 0.3) is 0 Å². The average Bonchev–Trinajstić information content (AvgIpc) is 2.25. The van der Waals surface area contributed by atoms with E-state index < -0.39 is 16.3 Å². The molecule has 0 aliphatic carbocycles. The van der Waals surface area contributed by atoms with Crippen LogP contribution in [0.15, 0.2) is 27.4 Å². The minimum Gasteiger partial charge on any atom is -0.502 e. The lowest BCUT2D eigenvalue weighted by Gasteiger charge is -2.02. The van der Waals surface area contributed by atoms with Gasteiger partial charge in [0.15, 0.2) is 0 Å². The van der Waals surface area contributed by atoms with Gasteiger partial charge < -0.3 is 9.52 Å². The number of para-hydroxylation sites is 1. The minimum absolute atomic E-state index is 0.118. The summed E-state index contributed by atoms with van der Waals surface area (Å²) in [6, 6.07) is 4.25. The van der Waals surface area contributed by atoms with E-state index in [9.17, 15) is 20.0 Å². The number of nitro groups is 1. The normalized spacial score (nSPS) is 10.6. The number of rotatable bonds is 1. The molecular weight excluding hydrogens is 214 g/mol. The molecule has 16 heavy (non-hydrogen) atoms. The molecule has 0 atom stereocenters. The first kappa shape index (κ1) is 10.2. The molecule has 82 valence electrons. The number of aromatic hydroxyl groups is 1. The fourth-order valence-corrected chi connectivity index (χ4v) is 1.49. The molecule has 1 N–H and O–H groups in total. The molecule has 0 fully saturated rings. The zero-order valence-electron chi connectivity index (χ0n) is 8.26. The lowest BCUT2D eigenvalue weighted by Crippen LogP contribution is -2.02. The highest BCUT2D eigenvalue weighted by atomic mass is 16.6. The molecule has 2 aromatic rings. The summed E-state index contributed by atoms with van der Waals surface area (Å²) < 4.78 is 4.72. The van der Waals surface area contributed by atoms with Crippen LogP contribution < -0.4 is 5.63 Å². The van der Waals surface area contributed by atoms with E-state index >= 15 is 0 Å². The van der Waals surface area contributed by atoms with Crippen LogP contribution >= 0.6 is 0 Å². The van der Waals surface area contributed by atoms with Crippen LogP contribution in [0, 0.1) is 17.0 Å². The van der Waals surface area contributed by atoms with Gasteiger partial charge in [-0.1, -0.05) is 12.1 Å². The predicted molar refractivity (Wildman–Crippen MR) is 55.5 cm³/mol. The first-order valence-corrected chi connectivity index (χ1v) is 4.42. The van der Waals surface area contributed by atoms with E-state index in [2.05, 4.69) is 0 Å². The van der Waals surface area contributed by atoms with E-state index in [1.807, 2.05) is 0 Å². The van der Waals surface area contributed by atoms with Crippen molar-refractivity contribution in [2.24, 2.45) is 0 Å². The maximum Gasteiger partial charge on any atom is 0.379 e. The SMILES string of the molecule is Cc1c(O)c(=O)oc2c([N+](=O)[O-])cccc12. The van der Waals surface area contributed by atoms with Gasteiger partial charge in [0.1, 0.15) is 0 Å². The number of fused-ring (bicyclic) bond motifs is 1. The van der Waals surface area contributed by atoms with E-state index in [0.29, 0.717) is 5.39 Å². The summed E-state index contributed by atoms with van der Waals surface area (Å²) in [5, 5.41) is 20.4. The van der Waals surface area contributed by atoms with Crippen molar-refractivity contribution in [2.45, 2.75) is 6.92 Å². The van der Waals surface area contributed by atoms with Crippen LogP contribution in [-0.2, 0) is 0 Å². The van der Waals surface area contributed by atoms with Crippen LogP contribution in [0.3, 0.4) is 0 Å². The number of aryl methyl sites for hydroxylation is 1. The summed E-state index contributed by atoms with van der Waals surface area (Å²) in [6.07, 6.45) is 0. The summed E-state index contributed by atoms with van der Waals surface area (Å²) in [7, 11) is 0. The number of hydrogen-bond acceptors (Lipinski definition) is 5. The minimum atomic E-state index is -0.973. The molecule has 0 saturated heterocycles. The Labute approximate surface area is 88.9 Å². The molecule has 0 spiro atoms. The lowest BCUT2D eigenvalue weighted by molar-refractivity contribution is -0.383. The summed E-state index contributed by atoms with van der Waals surface area (Å²) in [5.41, 5.74) is -1.11. The summed E-state index contributed by atoms with van der Waals surface area (Å²) >= 11 is 0. The molecule has 0 saturated carbocycles. The van der Waals surface area contributed by atoms with Crippen LogP contribution in [0.2, 0.25) is 0 Å². The van der Waals surface area contributed by atoms with Crippen LogP contribution in [0.4, 0.5) is 5.69 Å². The first-order chi connectivity index (χ1) is 7.52. The second-order valence-electron chi connectivity index (χ2n) is 3.27. The zero-order valence-corrected chi connectivity index (χ0v) is 8.26. The van der Waals surface area contributed by atoms with Crippen molar-refractivity contribution in [3.8, 4) is 5.75 Å². The lowest BCUT2D eigenvalue weighted by atomic mass is 10.1. The molecule has 0 aliphatic heterocycles. The molecule has 2 rings (SSSR count). The van der Waals surface area contributed by atoms with E-state index in [4.69, 9.17) is 4.42 Å². The van der Waals surface area contributed by atoms with Gasteiger partial charge in [-0.3, -0.25) is 10.1 Å². The van der Waals surface area contributed by atoms with Crippen molar-refractivity contribution in [3.05, 3.63) is 44.3 Å². The number of benzene rings is 1. The summed E-state index contributed by atoms with van der Waals surface area (Å²) in [5.74, 6) is -0.520. The number of hydrogen-bond donors (Lipinski definition) is 1. The van der Waals surface area contributed by atoms with Gasteiger partial charge in [-0.05, 0) is 6.92 Å². The molecule has 0 aliphatic rings. The Morgan fingerprint density at radius 1 is 1.44 bits per heavy atom. The van der Waals surface area contributed by atoms with E-state index in [-0.39, 0.29) is 16.8 Å². The highest BCUT2D eigenvalue weighted by Gasteiger charge is 2.18. The van der Waals surface area contributed by atoms with Crippen molar-refractivity contribution >= 4 is 16.7 Å². The molecule has 0 unspecified atom stereocenters. The van der Waals surface area contributed by atoms with Crippen molar-refractivity contribution in [3.63, 3.8) is 0 Å². The Balaban J connectivity index is 3.01. The van der Waals surface area contributed by atoms with Gasteiger partial charge in [0.05, 0.1) is 4.92 Å². The van der Waals surface area contributed by atoms with E-state index in [1.165, 1.54) is 19.1 Å². The molecule has 0 radical (unpaired) electrons. The quantitative estimate of drug-likeness (QED) is 0.449. The van der Waals surface area contributed by atoms with Gasteiger partial charge in [0, 0.05) is 17.0 Å². The van der Waals surface area contributed by atoms with Crippen molar-refractivity contribution in [1.82, 2.24) is 0 Å². The first-order valence-electron chi connectivity index (χ1n) is 4.42. The van der Waals surface area contributed by atoms with Gasteiger partial charge in [-0.15, -0.1) is 0 Å². The van der Waals surface area contributed by atoms with Gasteiger partial charge >= 0.3 is 11.3 Å². The highest BCUT2D eigenvalue weighted by molar-refractivity contribution is 5.88. The maximum atomic E-state index is 11.2. The zero-order chi connectivity index (χ0) is 11.9. The van der Waals surface area contributed by atoms with Crippen molar-refractivity contribution in [2.75, 3.05) is 0 Å². The van der Waals surface area contributed by atoms with Crippen LogP contribution in [0.25, 0.3) is 11.0 Å². The average molecular weight is 221 g/mol. The molecule has 1 heterocycles. The van der Waals surface area contributed by atoms with E-state index in [1.54, 1.807) is 6.07 Å². The molecule has 0 amide bonds. The van der Waals surface area contributed by atoms with Crippen LogP contribution in [-0.4, -0.2) is 10.0 Å². The second-order valence-corrected chi connectivity index (χ2v) is 3.27. The standard InChI is InChI=1S/C10H7NO5/c1-5-6-3-2-4-7(11(14)15)9(6)16-10(13)8(5)12/h2-4,12H,1H3. The monoisotopic (exact) mass is 221 g/mol. The van der Waals surface area contributed by atoms with E-state index in [0.717, 1.165) is 0 Å². The molecule has 6 nitrogen and oxygen atoms in total. The van der Waals surface area contributed by atoms with Gasteiger partial charge in [-0.2, -0.15) is 0 Å². The van der Waals surface area contributed by atoms with Crippen LogP contribution in [0.1, 0.15) is 5.56 Å². The third-order valence-electron chi connectivity index (χ3n) is 2.34. The Kier molecular flexibility index (Phi) is 2.12. The van der Waals surface area contributed by atoms with Gasteiger partial charge in [-0.25, -0.2) is 4.79 Å². The van der Waals surface area contributed by atoms with Crippen LogP contribution in [0.5, 0.6) is 5.75 Å². The second kappa shape index (κ2) is 3.34. The number of nitrogens with zero attached hydrogens (tertiary/aromatic N) is 1. The molecular formula is C10H7NO5. The smallest absolute Gasteiger partial charge is 0.379 e. The largest absolute Gasteiger partial charge is 0.502 e. The number of nitro benzene ring substituents is 1. The third-order valence-corrected chi connectivity index (χ3v) is 2.34. The fourth-order valence-electron chi connectivity index (χ4n) is 1.49. The highest BCUT2D eigenvalue weighted by Crippen LogP contribution is 2.29. The summed E-state index contributed by atoms with van der Waals surface area (Å²) in [6.45, 7) is 1.50. The molecule has 0 bridgehead atoms. The summed E-state index contributed by atoms with van der Waals surface area (Å²) in [4.78, 5) is 21.3. The molecule has 1 aromatic carbocycles. The Bertz CT molecular complexity index is 643. The molecule has 1 aromatic heterocycles. The number of non-ortho nitro benzene ring substituents is 1. The van der Waals surface area contributed by atoms with Gasteiger partial charge in [0.2, 0.25) is 11.3 Å². The third kappa shape index (κ3) is 1.31.